The quantitative estimate of drug-likeness (QED) is 0.894. The highest BCUT2D eigenvalue weighted by atomic mass is 32.2. The van der Waals surface area contributed by atoms with Gasteiger partial charge in [-0.2, -0.15) is 0 Å². The van der Waals surface area contributed by atoms with Gasteiger partial charge in [-0.3, -0.25) is 0 Å². The van der Waals surface area contributed by atoms with Crippen molar-refractivity contribution in [3.8, 4) is 0 Å². The Morgan fingerprint density at radius 3 is 1.94 bits per heavy atom. The van der Waals surface area contributed by atoms with Gasteiger partial charge in [-0.05, 0) is 50.1 Å². The predicted octanol–water partition coefficient (Wildman–Crippen LogP) is 4.04. The number of aryl methyl sites for hydroxylation is 1. The van der Waals surface area contributed by atoms with E-state index in [1.54, 1.807) is 11.8 Å². The minimum absolute atomic E-state index is 0.223. The molecule has 0 fully saturated rings. The Morgan fingerprint density at radius 1 is 0.944 bits per heavy atom. The third-order valence-corrected chi connectivity index (χ3v) is 3.75. The molecular weight excluding hydrogens is 238 g/mol. The van der Waals surface area contributed by atoms with Gasteiger partial charge in [-0.15, -0.1) is 0 Å². The normalized spacial score (nSPS) is 12.4. The summed E-state index contributed by atoms with van der Waals surface area (Å²) in [4.78, 5) is 2.55. The van der Waals surface area contributed by atoms with Crippen molar-refractivity contribution < 1.29 is 0 Å². The van der Waals surface area contributed by atoms with Crippen LogP contribution in [0.2, 0.25) is 0 Å². The smallest absolute Gasteiger partial charge is 0.0122 e. The molecule has 0 aromatic heterocycles. The lowest BCUT2D eigenvalue weighted by atomic mass is 10.1. The van der Waals surface area contributed by atoms with Crippen LogP contribution >= 0.6 is 11.8 Å². The third kappa shape index (κ3) is 3.90. The Morgan fingerprint density at radius 2 is 1.44 bits per heavy atom. The third-order valence-electron chi connectivity index (χ3n) is 2.74. The summed E-state index contributed by atoms with van der Waals surface area (Å²) in [6.45, 7) is 4.15. The molecule has 1 nitrogen and oxygen atoms in total. The van der Waals surface area contributed by atoms with Gasteiger partial charge < -0.3 is 5.73 Å². The molecule has 94 valence electrons. The standard InChI is InChI=1S/C16H19NS/c1-12-3-7-15(8-4-12)18-16-9-5-14(6-10-16)11-13(2)17/h3-10,13H,11,17H2,1-2H3. The van der Waals surface area contributed by atoms with Gasteiger partial charge in [0, 0.05) is 15.8 Å². The van der Waals surface area contributed by atoms with Gasteiger partial charge in [-0.1, -0.05) is 41.6 Å². The molecule has 2 heteroatoms. The highest BCUT2D eigenvalue weighted by Crippen LogP contribution is 2.27. The summed E-state index contributed by atoms with van der Waals surface area (Å²) in [5.74, 6) is 0. The van der Waals surface area contributed by atoms with E-state index >= 15 is 0 Å². The van der Waals surface area contributed by atoms with Crippen LogP contribution in [0, 0.1) is 6.92 Å². The lowest BCUT2D eigenvalue weighted by molar-refractivity contribution is 0.737. The van der Waals surface area contributed by atoms with Crippen LogP contribution < -0.4 is 5.73 Å². The zero-order valence-electron chi connectivity index (χ0n) is 10.9. The van der Waals surface area contributed by atoms with Crippen molar-refractivity contribution in [1.29, 1.82) is 0 Å². The van der Waals surface area contributed by atoms with Crippen molar-refractivity contribution in [3.63, 3.8) is 0 Å². The Kier molecular flexibility index (Phi) is 4.45. The molecule has 1 atom stereocenters. The fraction of sp³-hybridized carbons (Fsp3) is 0.250. The molecule has 0 saturated heterocycles. The van der Waals surface area contributed by atoms with E-state index < -0.39 is 0 Å². The summed E-state index contributed by atoms with van der Waals surface area (Å²) in [6.07, 6.45) is 0.940. The second-order valence-electron chi connectivity index (χ2n) is 4.74. The van der Waals surface area contributed by atoms with Gasteiger partial charge >= 0.3 is 0 Å². The van der Waals surface area contributed by atoms with Crippen molar-refractivity contribution in [3.05, 3.63) is 59.7 Å². The van der Waals surface area contributed by atoms with Crippen molar-refractivity contribution in [2.24, 2.45) is 5.73 Å². The Hall–Kier alpha value is -1.25. The van der Waals surface area contributed by atoms with E-state index in [4.69, 9.17) is 5.73 Å². The lowest BCUT2D eigenvalue weighted by Crippen LogP contribution is -2.17. The molecule has 2 N–H and O–H groups in total. The molecule has 18 heavy (non-hydrogen) atoms. The first-order valence-electron chi connectivity index (χ1n) is 6.22. The minimum atomic E-state index is 0.223. The lowest BCUT2D eigenvalue weighted by Gasteiger charge is -2.06. The SMILES string of the molecule is Cc1ccc(Sc2ccc(CC(C)N)cc2)cc1. The first-order chi connectivity index (χ1) is 8.63. The second-order valence-corrected chi connectivity index (χ2v) is 5.89. The highest BCUT2D eigenvalue weighted by Gasteiger charge is 2.00. The zero-order valence-corrected chi connectivity index (χ0v) is 11.7. The number of rotatable bonds is 4. The van der Waals surface area contributed by atoms with Crippen molar-refractivity contribution >= 4 is 11.8 Å². The van der Waals surface area contributed by atoms with E-state index in [2.05, 4.69) is 55.5 Å². The largest absolute Gasteiger partial charge is 0.328 e. The van der Waals surface area contributed by atoms with Crippen LogP contribution in [0.15, 0.2) is 58.3 Å². The number of hydrogen-bond donors (Lipinski definition) is 1. The highest BCUT2D eigenvalue weighted by molar-refractivity contribution is 7.99. The second kappa shape index (κ2) is 6.07. The fourth-order valence-corrected chi connectivity index (χ4v) is 2.62. The number of benzene rings is 2. The Bertz CT molecular complexity index is 486. The van der Waals surface area contributed by atoms with Crippen LogP contribution in [0.3, 0.4) is 0 Å². The Labute approximate surface area is 113 Å². The molecule has 0 heterocycles. The molecule has 2 aromatic rings. The maximum atomic E-state index is 5.79. The van der Waals surface area contributed by atoms with Gasteiger partial charge in [0.1, 0.15) is 0 Å². The van der Waals surface area contributed by atoms with Gasteiger partial charge in [0.15, 0.2) is 0 Å². The molecule has 0 saturated carbocycles. The molecule has 0 aliphatic rings. The van der Waals surface area contributed by atoms with Crippen molar-refractivity contribution in [1.82, 2.24) is 0 Å². The Balaban J connectivity index is 2.04. The summed E-state index contributed by atoms with van der Waals surface area (Å²) >= 11 is 1.79. The molecule has 0 radical (unpaired) electrons. The first-order valence-corrected chi connectivity index (χ1v) is 7.04. The van der Waals surface area contributed by atoms with Crippen LogP contribution in [0.1, 0.15) is 18.1 Å². The van der Waals surface area contributed by atoms with Crippen LogP contribution in [0.5, 0.6) is 0 Å². The average Bonchev–Trinajstić information content (AvgIpc) is 2.34. The summed E-state index contributed by atoms with van der Waals surface area (Å²) in [7, 11) is 0. The molecule has 0 bridgehead atoms. The zero-order chi connectivity index (χ0) is 13.0. The summed E-state index contributed by atoms with van der Waals surface area (Å²) < 4.78 is 0. The first kappa shape index (κ1) is 13.2. The molecular formula is C16H19NS. The van der Waals surface area contributed by atoms with Crippen LogP contribution in [0.25, 0.3) is 0 Å². The van der Waals surface area contributed by atoms with E-state index in [0.29, 0.717) is 0 Å². The summed E-state index contributed by atoms with van der Waals surface area (Å²) in [5.41, 5.74) is 8.40. The van der Waals surface area contributed by atoms with Crippen LogP contribution in [-0.2, 0) is 6.42 Å². The van der Waals surface area contributed by atoms with Crippen LogP contribution in [-0.4, -0.2) is 6.04 Å². The predicted molar refractivity (Wildman–Crippen MR) is 79.1 cm³/mol. The van der Waals surface area contributed by atoms with Gasteiger partial charge in [0.05, 0.1) is 0 Å². The van der Waals surface area contributed by atoms with Gasteiger partial charge in [0.2, 0.25) is 0 Å². The van der Waals surface area contributed by atoms with E-state index in [9.17, 15) is 0 Å². The topological polar surface area (TPSA) is 26.0 Å². The van der Waals surface area contributed by atoms with Crippen molar-refractivity contribution in [2.75, 3.05) is 0 Å². The molecule has 0 aliphatic carbocycles. The van der Waals surface area contributed by atoms with Crippen LogP contribution in [0.4, 0.5) is 0 Å². The average molecular weight is 257 g/mol. The monoisotopic (exact) mass is 257 g/mol. The molecule has 0 spiro atoms. The fourth-order valence-electron chi connectivity index (χ4n) is 1.81. The molecule has 1 unspecified atom stereocenters. The molecule has 2 aromatic carbocycles. The molecule has 2 rings (SSSR count). The van der Waals surface area contributed by atoms with E-state index in [-0.39, 0.29) is 6.04 Å². The number of nitrogens with two attached hydrogens (primary N) is 1. The van der Waals surface area contributed by atoms with Gasteiger partial charge in [-0.25, -0.2) is 0 Å². The minimum Gasteiger partial charge on any atom is -0.328 e. The summed E-state index contributed by atoms with van der Waals surface area (Å²) in [5, 5.41) is 0. The maximum absolute atomic E-state index is 5.79. The van der Waals surface area contributed by atoms with E-state index in [0.717, 1.165) is 6.42 Å². The van der Waals surface area contributed by atoms with Crippen molar-refractivity contribution in [2.45, 2.75) is 36.1 Å². The number of hydrogen-bond acceptors (Lipinski definition) is 2. The van der Waals surface area contributed by atoms with Gasteiger partial charge in [0.25, 0.3) is 0 Å². The van der Waals surface area contributed by atoms with E-state index in [1.165, 1.54) is 20.9 Å². The molecule has 0 aliphatic heterocycles. The molecule has 0 amide bonds. The van der Waals surface area contributed by atoms with E-state index in [1.807, 2.05) is 6.92 Å². The summed E-state index contributed by atoms with van der Waals surface area (Å²) in [6, 6.07) is 17.5. The maximum Gasteiger partial charge on any atom is 0.0122 e.